The number of carbonyl (C=O) groups excluding carboxylic acids is 1. The first-order valence-electron chi connectivity index (χ1n) is 5.90. The Kier molecular flexibility index (Phi) is 4.17. The normalized spacial score (nSPS) is 9.71. The Morgan fingerprint density at radius 1 is 1.33 bits per heavy atom. The number of hydrogen-bond donors (Lipinski definition) is 3. The van der Waals surface area contributed by atoms with Gasteiger partial charge in [0.05, 0.1) is 0 Å². The fourth-order valence-corrected chi connectivity index (χ4v) is 1.58. The lowest BCUT2D eigenvalue weighted by atomic mass is 10.2. The second-order valence-electron chi connectivity index (χ2n) is 4.06. The Morgan fingerprint density at radius 2 is 2.05 bits per heavy atom. The van der Waals surface area contributed by atoms with Crippen molar-refractivity contribution in [1.82, 2.24) is 15.3 Å². The molecule has 0 saturated heterocycles. The molecule has 1 aromatic carbocycles. The third-order valence-corrected chi connectivity index (χ3v) is 2.65. The van der Waals surface area contributed by atoms with Crippen LogP contribution in [0.2, 0.25) is 0 Å². The molecule has 0 spiro atoms. The van der Waals surface area contributed by atoms with Crippen molar-refractivity contribution < 1.29 is 4.79 Å². The van der Waals surface area contributed by atoms with Gasteiger partial charge in [-0.3, -0.25) is 4.79 Å². The van der Waals surface area contributed by atoms with Crippen LogP contribution in [-0.2, 0) is 6.54 Å². The lowest BCUT2D eigenvalue weighted by Gasteiger charge is -2.07. The van der Waals surface area contributed by atoms with E-state index in [4.69, 9.17) is 17.0 Å². The summed E-state index contributed by atoms with van der Waals surface area (Å²) in [6.45, 7) is 0.184. The van der Waals surface area contributed by atoms with Gasteiger partial charge >= 0.3 is 0 Å². The van der Waals surface area contributed by atoms with Crippen LogP contribution in [0.4, 0.5) is 17.5 Å². The second kappa shape index (κ2) is 6.22. The van der Waals surface area contributed by atoms with Gasteiger partial charge in [0.1, 0.15) is 5.82 Å². The molecule has 1 aromatic heterocycles. The van der Waals surface area contributed by atoms with Crippen LogP contribution in [0, 0.1) is 0 Å². The molecule has 5 N–H and O–H groups in total. The second-order valence-corrected chi connectivity index (χ2v) is 4.06. The predicted molar refractivity (Wildman–Crippen MR) is 77.3 cm³/mol. The highest BCUT2D eigenvalue weighted by Crippen LogP contribution is 2.13. The topological polar surface area (TPSA) is 156 Å². The monoisotopic (exact) mass is 284 g/mol. The van der Waals surface area contributed by atoms with Crippen LogP contribution in [-0.4, -0.2) is 15.9 Å². The highest BCUT2D eigenvalue weighted by atomic mass is 16.1. The fourth-order valence-electron chi connectivity index (χ4n) is 1.58. The largest absolute Gasteiger partial charge is 0.383 e. The number of carbonyl (C=O) groups is 1. The quantitative estimate of drug-likeness (QED) is 0.440. The molecule has 2 rings (SSSR count). The van der Waals surface area contributed by atoms with Gasteiger partial charge in [0.2, 0.25) is 5.95 Å². The van der Waals surface area contributed by atoms with E-state index in [0.29, 0.717) is 16.8 Å². The summed E-state index contributed by atoms with van der Waals surface area (Å²) in [6.07, 6.45) is 1.46. The minimum Gasteiger partial charge on any atom is -0.383 e. The number of azide groups is 1. The van der Waals surface area contributed by atoms with E-state index in [1.165, 1.54) is 6.20 Å². The van der Waals surface area contributed by atoms with E-state index in [9.17, 15) is 4.79 Å². The van der Waals surface area contributed by atoms with E-state index < -0.39 is 0 Å². The maximum absolute atomic E-state index is 11.9. The van der Waals surface area contributed by atoms with Crippen molar-refractivity contribution in [3.63, 3.8) is 0 Å². The van der Waals surface area contributed by atoms with Gasteiger partial charge < -0.3 is 16.8 Å². The highest BCUT2D eigenvalue weighted by Gasteiger charge is 2.07. The van der Waals surface area contributed by atoms with Crippen LogP contribution in [0.1, 0.15) is 15.9 Å². The van der Waals surface area contributed by atoms with Gasteiger partial charge in [0.25, 0.3) is 5.91 Å². The first-order chi connectivity index (χ1) is 10.1. The summed E-state index contributed by atoms with van der Waals surface area (Å²) < 4.78 is 0. The Balaban J connectivity index is 2.02. The summed E-state index contributed by atoms with van der Waals surface area (Å²) in [5.74, 6) is 0.0106. The molecule has 9 nitrogen and oxygen atoms in total. The van der Waals surface area contributed by atoms with Crippen LogP contribution in [0.25, 0.3) is 10.4 Å². The number of hydrogen-bond acceptors (Lipinski definition) is 6. The summed E-state index contributed by atoms with van der Waals surface area (Å²) >= 11 is 0. The highest BCUT2D eigenvalue weighted by molar-refractivity contribution is 5.94. The third-order valence-electron chi connectivity index (χ3n) is 2.65. The Hall–Kier alpha value is -3.32. The Morgan fingerprint density at radius 3 is 2.67 bits per heavy atom. The Bertz CT molecular complexity index is 706. The maximum Gasteiger partial charge on any atom is 0.251 e. The SMILES string of the molecule is [N-]=[N+]=Nc1ccc(C(=O)NCc2cnc(N)nc2N)cc1. The van der Waals surface area contributed by atoms with Crippen molar-refractivity contribution in [1.29, 1.82) is 0 Å². The van der Waals surface area contributed by atoms with Gasteiger partial charge in [0, 0.05) is 34.5 Å². The van der Waals surface area contributed by atoms with Gasteiger partial charge in [0.15, 0.2) is 0 Å². The molecule has 0 fully saturated rings. The van der Waals surface area contributed by atoms with Crippen molar-refractivity contribution in [3.8, 4) is 0 Å². The van der Waals surface area contributed by atoms with Gasteiger partial charge in [-0.2, -0.15) is 4.98 Å². The van der Waals surface area contributed by atoms with E-state index in [2.05, 4.69) is 25.3 Å². The molecule has 106 valence electrons. The van der Waals surface area contributed by atoms with Crippen LogP contribution < -0.4 is 16.8 Å². The van der Waals surface area contributed by atoms with Crippen LogP contribution in [0.5, 0.6) is 0 Å². The molecule has 0 unspecified atom stereocenters. The lowest BCUT2D eigenvalue weighted by Crippen LogP contribution is -2.23. The van der Waals surface area contributed by atoms with E-state index >= 15 is 0 Å². The van der Waals surface area contributed by atoms with Crippen LogP contribution >= 0.6 is 0 Å². The molecule has 0 aliphatic heterocycles. The van der Waals surface area contributed by atoms with Gasteiger partial charge in [-0.1, -0.05) is 17.2 Å². The number of nitrogen functional groups attached to an aromatic ring is 2. The van der Waals surface area contributed by atoms with Crippen LogP contribution in [0.15, 0.2) is 35.6 Å². The number of benzene rings is 1. The minimum absolute atomic E-state index is 0.0798. The summed E-state index contributed by atoms with van der Waals surface area (Å²) in [5.41, 5.74) is 20.8. The minimum atomic E-state index is -0.293. The van der Waals surface area contributed by atoms with E-state index in [0.717, 1.165) is 0 Å². The molecule has 0 radical (unpaired) electrons. The van der Waals surface area contributed by atoms with E-state index in [1.54, 1.807) is 24.3 Å². The summed E-state index contributed by atoms with van der Waals surface area (Å²) in [7, 11) is 0. The number of nitrogens with zero attached hydrogens (tertiary/aromatic N) is 5. The average molecular weight is 284 g/mol. The van der Waals surface area contributed by atoms with E-state index in [-0.39, 0.29) is 24.2 Å². The maximum atomic E-state index is 11.9. The molecule has 1 heterocycles. The molecular weight excluding hydrogens is 272 g/mol. The number of nitrogens with two attached hydrogens (primary N) is 2. The molecule has 2 aromatic rings. The van der Waals surface area contributed by atoms with Crippen molar-refractivity contribution in [2.24, 2.45) is 5.11 Å². The van der Waals surface area contributed by atoms with Crippen molar-refractivity contribution in [2.45, 2.75) is 6.54 Å². The molecule has 0 bridgehead atoms. The number of rotatable bonds is 4. The third kappa shape index (κ3) is 3.58. The molecule has 21 heavy (non-hydrogen) atoms. The number of amides is 1. The number of aromatic nitrogens is 2. The van der Waals surface area contributed by atoms with Gasteiger partial charge in [-0.05, 0) is 17.7 Å². The standard InChI is InChI=1S/C12H12N8O/c13-10-8(6-17-12(14)18-10)5-16-11(21)7-1-3-9(4-2-7)19-20-15/h1-4,6H,5H2,(H,16,21)(H4,13,14,17,18). The zero-order valence-electron chi connectivity index (χ0n) is 10.9. The summed E-state index contributed by atoms with van der Waals surface area (Å²) in [5, 5.41) is 6.11. The molecule has 0 aliphatic carbocycles. The smallest absolute Gasteiger partial charge is 0.251 e. The molecule has 9 heteroatoms. The van der Waals surface area contributed by atoms with Crippen molar-refractivity contribution in [2.75, 3.05) is 11.5 Å². The van der Waals surface area contributed by atoms with Crippen LogP contribution in [0.3, 0.4) is 0 Å². The lowest BCUT2D eigenvalue weighted by molar-refractivity contribution is 0.0951. The molecule has 0 aliphatic rings. The fraction of sp³-hybridized carbons (Fsp3) is 0.0833. The molecule has 0 atom stereocenters. The van der Waals surface area contributed by atoms with E-state index in [1.807, 2.05) is 0 Å². The molecule has 1 amide bonds. The molecular formula is C12H12N8O. The van der Waals surface area contributed by atoms with Gasteiger partial charge in [-0.25, -0.2) is 4.98 Å². The number of anilines is 2. The van der Waals surface area contributed by atoms with Gasteiger partial charge in [-0.15, -0.1) is 0 Å². The van der Waals surface area contributed by atoms with Crippen molar-refractivity contribution >= 4 is 23.4 Å². The van der Waals surface area contributed by atoms with Crippen molar-refractivity contribution in [3.05, 3.63) is 52.0 Å². The summed E-state index contributed by atoms with van der Waals surface area (Å²) in [6, 6.07) is 6.22. The zero-order chi connectivity index (χ0) is 15.2. The average Bonchev–Trinajstić information content (AvgIpc) is 2.47. The number of nitrogens with one attached hydrogen (secondary N) is 1. The first-order valence-corrected chi connectivity index (χ1v) is 5.90. The zero-order valence-corrected chi connectivity index (χ0v) is 10.9. The first kappa shape index (κ1) is 14.1. The Labute approximate surface area is 119 Å². The molecule has 0 saturated carbocycles. The summed E-state index contributed by atoms with van der Waals surface area (Å²) in [4.78, 5) is 22.2. The predicted octanol–water partition coefficient (Wildman–Crippen LogP) is 1.51.